The molecular formula is C26H30F3NO5. The Labute approximate surface area is 202 Å². The quantitative estimate of drug-likeness (QED) is 0.476. The van der Waals surface area contributed by atoms with Gasteiger partial charge in [-0.3, -0.25) is 4.79 Å². The monoisotopic (exact) mass is 493 g/mol. The third-order valence-electron chi connectivity index (χ3n) is 6.54. The zero-order chi connectivity index (χ0) is 24.9. The van der Waals surface area contributed by atoms with Gasteiger partial charge in [0.05, 0.1) is 38.1 Å². The molecule has 2 fully saturated rings. The molecule has 2 aromatic carbocycles. The molecule has 190 valence electrons. The second kappa shape index (κ2) is 11.0. The third-order valence-corrected chi connectivity index (χ3v) is 6.54. The van der Waals surface area contributed by atoms with Crippen molar-refractivity contribution in [2.45, 2.75) is 37.1 Å². The van der Waals surface area contributed by atoms with E-state index in [4.69, 9.17) is 18.9 Å². The minimum absolute atomic E-state index is 0.0104. The summed E-state index contributed by atoms with van der Waals surface area (Å²) in [6.45, 7) is 3.14. The molecule has 2 heterocycles. The molecule has 0 saturated carbocycles. The van der Waals surface area contributed by atoms with Crippen LogP contribution in [0.4, 0.5) is 13.2 Å². The molecule has 9 heteroatoms. The zero-order valence-corrected chi connectivity index (χ0v) is 19.7. The van der Waals surface area contributed by atoms with Crippen LogP contribution in [0.15, 0.2) is 48.5 Å². The molecule has 0 aliphatic carbocycles. The lowest BCUT2D eigenvalue weighted by Crippen LogP contribution is -2.48. The van der Waals surface area contributed by atoms with E-state index in [1.54, 1.807) is 7.11 Å². The first-order valence-electron chi connectivity index (χ1n) is 11.8. The second-order valence-corrected chi connectivity index (χ2v) is 8.86. The molecular weight excluding hydrogens is 463 g/mol. The number of carbonyl (C=O) groups is 1. The maximum absolute atomic E-state index is 12.9. The highest BCUT2D eigenvalue weighted by molar-refractivity contribution is 5.94. The van der Waals surface area contributed by atoms with Crippen molar-refractivity contribution >= 4 is 5.91 Å². The SMILES string of the molecule is COC1(c2ccc(C(=O)N3CCC(OCCCOc4ccc(C(F)(F)F)cc4)CC3)cc2)COC1. The van der Waals surface area contributed by atoms with Crippen LogP contribution in [-0.2, 0) is 26.0 Å². The number of amides is 1. The van der Waals surface area contributed by atoms with Gasteiger partial charge in [-0.1, -0.05) is 12.1 Å². The predicted molar refractivity (Wildman–Crippen MR) is 122 cm³/mol. The van der Waals surface area contributed by atoms with Gasteiger partial charge in [0.25, 0.3) is 5.91 Å². The van der Waals surface area contributed by atoms with Gasteiger partial charge in [-0.2, -0.15) is 13.2 Å². The largest absolute Gasteiger partial charge is 0.494 e. The van der Waals surface area contributed by atoms with Crippen LogP contribution in [0.2, 0.25) is 0 Å². The summed E-state index contributed by atoms with van der Waals surface area (Å²) in [5, 5.41) is 0. The van der Waals surface area contributed by atoms with Crippen molar-refractivity contribution in [3.05, 3.63) is 65.2 Å². The van der Waals surface area contributed by atoms with Crippen LogP contribution in [0, 0.1) is 0 Å². The summed E-state index contributed by atoms with van der Waals surface area (Å²) in [6, 6.07) is 12.2. The topological polar surface area (TPSA) is 57.2 Å². The van der Waals surface area contributed by atoms with Crippen LogP contribution in [-0.4, -0.2) is 63.5 Å². The fraction of sp³-hybridized carbons (Fsp3) is 0.500. The highest BCUT2D eigenvalue weighted by atomic mass is 19.4. The minimum atomic E-state index is -4.35. The summed E-state index contributed by atoms with van der Waals surface area (Å²) in [5.74, 6) is 0.410. The van der Waals surface area contributed by atoms with Gasteiger partial charge in [0.2, 0.25) is 0 Å². The number of piperidine rings is 1. The lowest BCUT2D eigenvalue weighted by molar-refractivity contribution is -0.202. The van der Waals surface area contributed by atoms with Gasteiger partial charge >= 0.3 is 6.18 Å². The van der Waals surface area contributed by atoms with Crippen molar-refractivity contribution in [3.63, 3.8) is 0 Å². The van der Waals surface area contributed by atoms with E-state index in [0.717, 1.165) is 30.5 Å². The van der Waals surface area contributed by atoms with E-state index in [2.05, 4.69) is 0 Å². The molecule has 6 nitrogen and oxygen atoms in total. The molecule has 0 bridgehead atoms. The summed E-state index contributed by atoms with van der Waals surface area (Å²) >= 11 is 0. The number of benzene rings is 2. The number of alkyl halides is 3. The Kier molecular flexibility index (Phi) is 7.98. The van der Waals surface area contributed by atoms with Crippen LogP contribution in [0.3, 0.4) is 0 Å². The van der Waals surface area contributed by atoms with Crippen LogP contribution < -0.4 is 4.74 Å². The molecule has 35 heavy (non-hydrogen) atoms. The Morgan fingerprint density at radius 2 is 1.69 bits per heavy atom. The van der Waals surface area contributed by atoms with E-state index in [1.165, 1.54) is 12.1 Å². The third kappa shape index (κ3) is 6.15. The predicted octanol–water partition coefficient (Wildman–Crippen LogP) is 4.67. The molecule has 0 N–H and O–H groups in total. The van der Waals surface area contributed by atoms with E-state index >= 15 is 0 Å². The molecule has 2 aromatic rings. The van der Waals surface area contributed by atoms with Crippen molar-refractivity contribution in [2.24, 2.45) is 0 Å². The molecule has 0 unspecified atom stereocenters. The van der Waals surface area contributed by atoms with Crippen LogP contribution in [0.25, 0.3) is 0 Å². The first-order valence-corrected chi connectivity index (χ1v) is 11.8. The zero-order valence-electron chi connectivity index (χ0n) is 19.7. The number of rotatable bonds is 9. The summed E-state index contributed by atoms with van der Waals surface area (Å²) in [4.78, 5) is 14.7. The lowest BCUT2D eigenvalue weighted by atomic mass is 9.91. The Balaban J connectivity index is 1.14. The molecule has 4 rings (SSSR count). The average molecular weight is 494 g/mol. The first kappa shape index (κ1) is 25.5. The van der Waals surface area contributed by atoms with Crippen molar-refractivity contribution in [1.82, 2.24) is 4.90 Å². The number of nitrogens with zero attached hydrogens (tertiary/aromatic N) is 1. The van der Waals surface area contributed by atoms with Gasteiger partial charge in [-0.05, 0) is 54.8 Å². The highest BCUT2D eigenvalue weighted by Gasteiger charge is 2.40. The van der Waals surface area contributed by atoms with Gasteiger partial charge < -0.3 is 23.8 Å². The van der Waals surface area contributed by atoms with Gasteiger partial charge in [-0.15, -0.1) is 0 Å². The Hall–Kier alpha value is -2.62. The molecule has 0 radical (unpaired) electrons. The summed E-state index contributed by atoms with van der Waals surface area (Å²) < 4.78 is 60.1. The standard InChI is InChI=1S/C26H30F3NO5/c1-32-25(17-33-18-25)20-5-3-19(4-6-20)24(31)30-13-11-23(12-14-30)35-16-2-15-34-22-9-7-21(8-10-22)26(27,28)29/h3-10,23H,2,11-18H2,1H3. The van der Waals surface area contributed by atoms with Crippen LogP contribution >= 0.6 is 0 Å². The number of carbonyl (C=O) groups excluding carboxylic acids is 1. The van der Waals surface area contributed by atoms with E-state index < -0.39 is 17.3 Å². The van der Waals surface area contributed by atoms with Gasteiger partial charge in [0.1, 0.15) is 11.4 Å². The minimum Gasteiger partial charge on any atom is -0.494 e. The summed E-state index contributed by atoms with van der Waals surface area (Å²) in [5.41, 5.74) is 0.565. The molecule has 0 atom stereocenters. The first-order chi connectivity index (χ1) is 16.8. The molecule has 2 aliphatic rings. The maximum Gasteiger partial charge on any atom is 0.416 e. The average Bonchev–Trinajstić information content (AvgIpc) is 2.84. The molecule has 1 amide bonds. The van der Waals surface area contributed by atoms with Crippen molar-refractivity contribution < 1.29 is 36.9 Å². The van der Waals surface area contributed by atoms with Gasteiger partial charge in [-0.25, -0.2) is 0 Å². The van der Waals surface area contributed by atoms with Gasteiger partial charge in [0, 0.05) is 32.2 Å². The van der Waals surface area contributed by atoms with E-state index in [0.29, 0.717) is 57.3 Å². The van der Waals surface area contributed by atoms with Gasteiger partial charge in [0.15, 0.2) is 0 Å². The molecule has 0 aromatic heterocycles. The van der Waals surface area contributed by atoms with Crippen LogP contribution in [0.1, 0.15) is 40.7 Å². The summed E-state index contributed by atoms with van der Waals surface area (Å²) in [6.07, 6.45) is -2.13. The maximum atomic E-state index is 12.9. The van der Waals surface area contributed by atoms with Crippen LogP contribution in [0.5, 0.6) is 5.75 Å². The van der Waals surface area contributed by atoms with Crippen molar-refractivity contribution in [1.29, 1.82) is 0 Å². The Morgan fingerprint density at radius 1 is 1.03 bits per heavy atom. The van der Waals surface area contributed by atoms with E-state index in [-0.39, 0.29) is 12.0 Å². The lowest BCUT2D eigenvalue weighted by Gasteiger charge is -2.40. The van der Waals surface area contributed by atoms with Crippen molar-refractivity contribution in [3.8, 4) is 5.75 Å². The normalized spacial score (nSPS) is 18.2. The Bertz CT molecular complexity index is 960. The molecule has 0 spiro atoms. The molecule has 2 saturated heterocycles. The number of hydrogen-bond donors (Lipinski definition) is 0. The number of halogens is 3. The van der Waals surface area contributed by atoms with E-state index in [9.17, 15) is 18.0 Å². The molecule has 2 aliphatic heterocycles. The van der Waals surface area contributed by atoms with Crippen molar-refractivity contribution in [2.75, 3.05) is 46.6 Å². The highest BCUT2D eigenvalue weighted by Crippen LogP contribution is 2.33. The number of methoxy groups -OCH3 is 1. The summed E-state index contributed by atoms with van der Waals surface area (Å²) in [7, 11) is 1.67. The number of likely N-dealkylation sites (tertiary alicyclic amines) is 1. The number of ether oxygens (including phenoxy) is 4. The second-order valence-electron chi connectivity index (χ2n) is 8.86. The fourth-order valence-electron chi connectivity index (χ4n) is 4.25. The number of hydrogen-bond acceptors (Lipinski definition) is 5. The smallest absolute Gasteiger partial charge is 0.416 e. The fourth-order valence-corrected chi connectivity index (χ4v) is 4.25. The van der Waals surface area contributed by atoms with E-state index in [1.807, 2.05) is 29.2 Å². The Morgan fingerprint density at radius 3 is 2.23 bits per heavy atom.